The first-order chi connectivity index (χ1) is 14.2. The summed E-state index contributed by atoms with van der Waals surface area (Å²) in [7, 11) is 0. The molecule has 0 aliphatic rings. The van der Waals surface area contributed by atoms with Crippen molar-refractivity contribution in [3.05, 3.63) is 12.3 Å². The monoisotopic (exact) mass is 447 g/mol. The molecule has 0 saturated carbocycles. The van der Waals surface area contributed by atoms with Gasteiger partial charge in [-0.25, -0.2) is 4.79 Å². The summed E-state index contributed by atoms with van der Waals surface area (Å²) in [6.07, 6.45) is 6.59. The predicted molar refractivity (Wildman–Crippen MR) is 114 cm³/mol. The van der Waals surface area contributed by atoms with Crippen LogP contribution in [0.3, 0.4) is 0 Å². The number of carbonyl (C=O) groups excluding carboxylic acids is 2. The molecule has 0 heterocycles. The van der Waals surface area contributed by atoms with Gasteiger partial charge in [-0.05, 0) is 25.5 Å². The van der Waals surface area contributed by atoms with Gasteiger partial charge in [-0.2, -0.15) is 12.6 Å². The molecule has 3 atom stereocenters. The van der Waals surface area contributed by atoms with Crippen molar-refractivity contribution in [2.24, 2.45) is 0 Å². The molecule has 0 spiro atoms. The molecule has 0 fully saturated rings. The van der Waals surface area contributed by atoms with E-state index >= 15 is 0 Å². The van der Waals surface area contributed by atoms with E-state index < -0.39 is 48.5 Å². The molecule has 1 unspecified atom stereocenters. The molecule has 0 saturated heterocycles. The van der Waals surface area contributed by atoms with Crippen molar-refractivity contribution in [3.63, 3.8) is 0 Å². The second-order valence-corrected chi connectivity index (χ2v) is 7.16. The van der Waals surface area contributed by atoms with Gasteiger partial charge in [0, 0.05) is 12.2 Å². The number of aliphatic hydroxyl groups excluding tert-OH is 1. The highest BCUT2D eigenvalue weighted by atomic mass is 32.1. The third-order valence-corrected chi connectivity index (χ3v) is 4.54. The standard InChI is InChI=1S/C19H33N3O7S/c1-2-3-4-6-13(23)7-5-10-20-14(19(28)29)8-9-16(24)22-15(12-30)18(27)21-11-17(25)26/h5,10,13-15,20,23,30H,2-4,6-9,11-12H2,1H3,(H,21,27)(H,22,24)(H,25,26)(H,28,29)/t13?,14-,15-/m0/s1. The highest BCUT2D eigenvalue weighted by Crippen LogP contribution is 2.07. The summed E-state index contributed by atoms with van der Waals surface area (Å²) in [6, 6.07) is -2.04. The number of carboxylic acids is 2. The van der Waals surface area contributed by atoms with E-state index in [4.69, 9.17) is 5.11 Å². The lowest BCUT2D eigenvalue weighted by atomic mass is 10.1. The van der Waals surface area contributed by atoms with E-state index in [-0.39, 0.29) is 18.6 Å². The Balaban J connectivity index is 4.39. The van der Waals surface area contributed by atoms with Crippen molar-refractivity contribution in [3.8, 4) is 0 Å². The number of hydrogen-bond donors (Lipinski definition) is 7. The van der Waals surface area contributed by atoms with Crippen LogP contribution in [0.25, 0.3) is 0 Å². The molecule has 30 heavy (non-hydrogen) atoms. The quantitative estimate of drug-likeness (QED) is 0.123. The SMILES string of the molecule is CCCCCC(O)CC=CN[C@@H](CCC(=O)N[C@@H](CS)C(=O)NCC(=O)O)C(=O)O. The fourth-order valence-corrected chi connectivity index (χ4v) is 2.71. The van der Waals surface area contributed by atoms with Gasteiger partial charge in [-0.1, -0.05) is 32.3 Å². The second-order valence-electron chi connectivity index (χ2n) is 6.80. The van der Waals surface area contributed by atoms with E-state index in [1.165, 1.54) is 6.20 Å². The summed E-state index contributed by atoms with van der Waals surface area (Å²) >= 11 is 3.96. The molecule has 0 aromatic rings. The van der Waals surface area contributed by atoms with Crippen LogP contribution in [-0.2, 0) is 19.2 Å². The van der Waals surface area contributed by atoms with E-state index in [0.29, 0.717) is 12.8 Å². The molecule has 2 amide bonds. The molecule has 10 nitrogen and oxygen atoms in total. The fourth-order valence-electron chi connectivity index (χ4n) is 2.46. The number of nitrogens with one attached hydrogen (secondary N) is 3. The Kier molecular flexibility index (Phi) is 15.3. The number of unbranched alkanes of at least 4 members (excludes halogenated alkanes) is 2. The number of carboxylic acid groups (broad SMARTS) is 2. The molecule has 172 valence electrons. The molecular formula is C19H33N3O7S. The smallest absolute Gasteiger partial charge is 0.326 e. The largest absolute Gasteiger partial charge is 0.480 e. The van der Waals surface area contributed by atoms with Crippen LogP contribution in [0.2, 0.25) is 0 Å². The van der Waals surface area contributed by atoms with Crippen molar-refractivity contribution in [2.75, 3.05) is 12.3 Å². The summed E-state index contributed by atoms with van der Waals surface area (Å²) in [6.45, 7) is 1.50. The molecule has 11 heteroatoms. The number of aliphatic hydroxyl groups is 1. The Labute approximate surface area is 181 Å². The predicted octanol–water partition coefficient (Wildman–Crippen LogP) is 0.270. The first-order valence-electron chi connectivity index (χ1n) is 9.92. The zero-order valence-corrected chi connectivity index (χ0v) is 18.1. The summed E-state index contributed by atoms with van der Waals surface area (Å²) < 4.78 is 0. The van der Waals surface area contributed by atoms with Gasteiger partial charge in [0.05, 0.1) is 6.10 Å². The molecule has 0 bridgehead atoms. The summed E-state index contributed by atoms with van der Waals surface area (Å²) in [5.41, 5.74) is 0. The first-order valence-corrected chi connectivity index (χ1v) is 10.6. The van der Waals surface area contributed by atoms with Crippen LogP contribution in [0.1, 0.15) is 51.9 Å². The van der Waals surface area contributed by atoms with Crippen molar-refractivity contribution in [1.29, 1.82) is 0 Å². The third-order valence-electron chi connectivity index (χ3n) is 4.17. The van der Waals surface area contributed by atoms with Crippen LogP contribution >= 0.6 is 12.6 Å². The van der Waals surface area contributed by atoms with Gasteiger partial charge in [0.1, 0.15) is 18.6 Å². The Morgan fingerprint density at radius 2 is 1.77 bits per heavy atom. The van der Waals surface area contributed by atoms with Gasteiger partial charge in [-0.15, -0.1) is 0 Å². The molecule has 0 aromatic heterocycles. The first kappa shape index (κ1) is 27.7. The third kappa shape index (κ3) is 13.8. The van der Waals surface area contributed by atoms with Gasteiger partial charge < -0.3 is 31.3 Å². The maximum Gasteiger partial charge on any atom is 0.326 e. The molecule has 0 aliphatic heterocycles. The zero-order valence-electron chi connectivity index (χ0n) is 17.2. The molecule has 0 rings (SSSR count). The van der Waals surface area contributed by atoms with E-state index in [1.54, 1.807) is 6.08 Å². The lowest BCUT2D eigenvalue weighted by molar-refractivity contribution is -0.139. The maximum atomic E-state index is 12.0. The summed E-state index contributed by atoms with van der Waals surface area (Å²) in [4.78, 5) is 45.6. The number of rotatable bonds is 17. The van der Waals surface area contributed by atoms with Crippen LogP contribution in [0, 0.1) is 0 Å². The number of carbonyl (C=O) groups is 4. The van der Waals surface area contributed by atoms with Crippen LogP contribution in [-0.4, -0.2) is 69.6 Å². The van der Waals surface area contributed by atoms with Gasteiger partial charge in [0.2, 0.25) is 11.8 Å². The van der Waals surface area contributed by atoms with Crippen LogP contribution < -0.4 is 16.0 Å². The van der Waals surface area contributed by atoms with Crippen LogP contribution in [0.15, 0.2) is 12.3 Å². The average Bonchev–Trinajstić information content (AvgIpc) is 2.69. The Morgan fingerprint density at radius 1 is 1.07 bits per heavy atom. The minimum Gasteiger partial charge on any atom is -0.480 e. The van der Waals surface area contributed by atoms with Crippen LogP contribution in [0.5, 0.6) is 0 Å². The summed E-state index contributed by atoms with van der Waals surface area (Å²) in [5.74, 6) is -3.64. The fraction of sp³-hybridized carbons (Fsp3) is 0.684. The van der Waals surface area contributed by atoms with E-state index in [2.05, 4.69) is 35.5 Å². The highest BCUT2D eigenvalue weighted by Gasteiger charge is 2.22. The second kappa shape index (κ2) is 16.5. The van der Waals surface area contributed by atoms with Gasteiger partial charge in [0.15, 0.2) is 0 Å². The number of aliphatic carboxylic acids is 2. The lowest BCUT2D eigenvalue weighted by Gasteiger charge is -2.17. The lowest BCUT2D eigenvalue weighted by Crippen LogP contribution is -2.49. The van der Waals surface area contributed by atoms with E-state index in [9.17, 15) is 29.4 Å². The van der Waals surface area contributed by atoms with E-state index in [0.717, 1.165) is 19.3 Å². The highest BCUT2D eigenvalue weighted by molar-refractivity contribution is 7.80. The molecule has 0 radical (unpaired) electrons. The van der Waals surface area contributed by atoms with Crippen molar-refractivity contribution < 1.29 is 34.5 Å². The minimum absolute atomic E-state index is 0.0272. The maximum absolute atomic E-state index is 12.0. The minimum atomic E-state index is -1.22. The van der Waals surface area contributed by atoms with Crippen molar-refractivity contribution >= 4 is 36.4 Å². The van der Waals surface area contributed by atoms with Gasteiger partial charge in [-0.3, -0.25) is 14.4 Å². The Hall–Kier alpha value is -2.27. The van der Waals surface area contributed by atoms with Crippen molar-refractivity contribution in [1.82, 2.24) is 16.0 Å². The summed E-state index contributed by atoms with van der Waals surface area (Å²) in [5, 5.41) is 34.9. The van der Waals surface area contributed by atoms with Crippen LogP contribution in [0.4, 0.5) is 0 Å². The van der Waals surface area contributed by atoms with E-state index in [1.807, 2.05) is 0 Å². The zero-order chi connectivity index (χ0) is 22.9. The Morgan fingerprint density at radius 3 is 2.33 bits per heavy atom. The molecular weight excluding hydrogens is 414 g/mol. The van der Waals surface area contributed by atoms with Gasteiger partial charge >= 0.3 is 11.9 Å². The normalized spacial score (nSPS) is 14.0. The topological polar surface area (TPSA) is 165 Å². The molecule has 0 aromatic carbocycles. The number of hydrogen-bond acceptors (Lipinski definition) is 7. The number of amides is 2. The molecule has 0 aliphatic carbocycles. The van der Waals surface area contributed by atoms with Gasteiger partial charge in [0.25, 0.3) is 0 Å². The molecule has 6 N–H and O–H groups in total. The average molecular weight is 448 g/mol. The van der Waals surface area contributed by atoms with Crippen molar-refractivity contribution in [2.45, 2.75) is 70.1 Å². The number of thiol groups is 1. The Bertz CT molecular complexity index is 586.